The van der Waals surface area contributed by atoms with E-state index in [9.17, 15) is 4.79 Å². The summed E-state index contributed by atoms with van der Waals surface area (Å²) in [4.78, 5) is 16.1. The van der Waals surface area contributed by atoms with Crippen LogP contribution < -0.4 is 11.1 Å². The van der Waals surface area contributed by atoms with Gasteiger partial charge in [-0.3, -0.25) is 4.79 Å². The van der Waals surface area contributed by atoms with Crippen LogP contribution in [0.3, 0.4) is 0 Å². The normalized spacial score (nSPS) is 23.1. The van der Waals surface area contributed by atoms with Gasteiger partial charge in [-0.25, -0.2) is 4.98 Å². The van der Waals surface area contributed by atoms with Crippen molar-refractivity contribution in [2.45, 2.75) is 19.3 Å². The van der Waals surface area contributed by atoms with Gasteiger partial charge in [0, 0.05) is 5.92 Å². The van der Waals surface area contributed by atoms with Crippen molar-refractivity contribution in [1.82, 2.24) is 4.98 Å². The molecule has 1 heterocycles. The molecule has 2 rings (SSSR count). The number of amides is 1. The monoisotopic (exact) mass is 331 g/mol. The largest absolute Gasteiger partial charge is 0.330 e. The summed E-state index contributed by atoms with van der Waals surface area (Å²) in [6.45, 7) is 0.570. The van der Waals surface area contributed by atoms with Crippen LogP contribution in [0.15, 0.2) is 16.7 Å². The number of nitrogens with zero attached hydrogens (tertiary/aromatic N) is 1. The third-order valence-electron chi connectivity index (χ3n) is 3.36. The lowest BCUT2D eigenvalue weighted by Crippen LogP contribution is -2.29. The zero-order chi connectivity index (χ0) is 13.1. The molecule has 2 unspecified atom stereocenters. The van der Waals surface area contributed by atoms with Gasteiger partial charge in [0.05, 0.1) is 16.4 Å². The summed E-state index contributed by atoms with van der Waals surface area (Å²) < 4.78 is 0.670. The number of carbonyl (C=O) groups is 1. The van der Waals surface area contributed by atoms with E-state index in [1.807, 2.05) is 0 Å². The third-order valence-corrected chi connectivity index (χ3v) is 4.50. The molecule has 3 N–H and O–H groups in total. The SMILES string of the molecule is NCC1CCCC1C(=O)Nc1cnc(Cl)c(Br)c1. The Bertz CT molecular complexity index is 455. The molecule has 6 heteroatoms. The smallest absolute Gasteiger partial charge is 0.227 e. The number of anilines is 1. The lowest BCUT2D eigenvalue weighted by Gasteiger charge is -2.17. The lowest BCUT2D eigenvalue weighted by molar-refractivity contribution is -0.120. The first kappa shape index (κ1) is 13.8. The average molecular weight is 333 g/mol. The first-order valence-corrected chi connectivity index (χ1v) is 7.11. The second-order valence-corrected chi connectivity index (χ2v) is 5.73. The highest BCUT2D eigenvalue weighted by Gasteiger charge is 2.31. The molecule has 0 saturated heterocycles. The molecule has 0 aromatic carbocycles. The van der Waals surface area contributed by atoms with Crippen LogP contribution >= 0.6 is 27.5 Å². The molecule has 18 heavy (non-hydrogen) atoms. The van der Waals surface area contributed by atoms with Gasteiger partial charge in [0.15, 0.2) is 0 Å². The Labute approximate surface area is 119 Å². The Morgan fingerprint density at radius 1 is 1.61 bits per heavy atom. The topological polar surface area (TPSA) is 68.0 Å². The maximum atomic E-state index is 12.1. The molecule has 1 fully saturated rings. The van der Waals surface area contributed by atoms with Crippen molar-refractivity contribution in [3.8, 4) is 0 Å². The van der Waals surface area contributed by atoms with Crippen LogP contribution in [0.2, 0.25) is 5.15 Å². The molecule has 1 aromatic heterocycles. The predicted octanol–water partition coefficient (Wildman–Crippen LogP) is 2.81. The molecule has 1 aliphatic carbocycles. The summed E-state index contributed by atoms with van der Waals surface area (Å²) in [6.07, 6.45) is 4.58. The summed E-state index contributed by atoms with van der Waals surface area (Å²) in [5, 5.41) is 3.25. The molecular weight excluding hydrogens is 318 g/mol. The van der Waals surface area contributed by atoms with Crippen molar-refractivity contribution < 1.29 is 4.79 Å². The average Bonchev–Trinajstić information content (AvgIpc) is 2.82. The molecule has 1 aliphatic rings. The molecule has 0 bridgehead atoms. The van der Waals surface area contributed by atoms with Crippen LogP contribution in [-0.4, -0.2) is 17.4 Å². The number of nitrogens with one attached hydrogen (secondary N) is 1. The number of hydrogen-bond donors (Lipinski definition) is 2. The van der Waals surface area contributed by atoms with E-state index in [2.05, 4.69) is 26.2 Å². The lowest BCUT2D eigenvalue weighted by atomic mass is 9.95. The van der Waals surface area contributed by atoms with Crippen LogP contribution in [-0.2, 0) is 4.79 Å². The zero-order valence-electron chi connectivity index (χ0n) is 9.83. The highest BCUT2D eigenvalue weighted by molar-refractivity contribution is 9.10. The second-order valence-electron chi connectivity index (χ2n) is 4.52. The number of pyridine rings is 1. The number of aromatic nitrogens is 1. The van der Waals surface area contributed by atoms with Crippen LogP contribution in [0, 0.1) is 11.8 Å². The maximum Gasteiger partial charge on any atom is 0.227 e. The van der Waals surface area contributed by atoms with Crippen molar-refractivity contribution in [1.29, 1.82) is 0 Å². The van der Waals surface area contributed by atoms with E-state index >= 15 is 0 Å². The van der Waals surface area contributed by atoms with Gasteiger partial charge in [-0.15, -0.1) is 0 Å². The maximum absolute atomic E-state index is 12.1. The summed E-state index contributed by atoms with van der Waals surface area (Å²) in [7, 11) is 0. The summed E-state index contributed by atoms with van der Waals surface area (Å²) in [6, 6.07) is 1.75. The summed E-state index contributed by atoms with van der Waals surface area (Å²) in [5.41, 5.74) is 6.33. The van der Waals surface area contributed by atoms with Gasteiger partial charge in [-0.05, 0) is 47.3 Å². The zero-order valence-corrected chi connectivity index (χ0v) is 12.2. The number of nitrogens with two attached hydrogens (primary N) is 1. The van der Waals surface area contributed by atoms with Gasteiger partial charge in [0.25, 0.3) is 0 Å². The number of halogens is 2. The van der Waals surface area contributed by atoms with Crippen molar-refractivity contribution in [2.75, 3.05) is 11.9 Å². The molecule has 0 aliphatic heterocycles. The van der Waals surface area contributed by atoms with E-state index in [0.717, 1.165) is 19.3 Å². The van der Waals surface area contributed by atoms with Crippen LogP contribution in [0.4, 0.5) is 5.69 Å². The molecule has 1 saturated carbocycles. The van der Waals surface area contributed by atoms with E-state index < -0.39 is 0 Å². The molecule has 1 aromatic rings. The summed E-state index contributed by atoms with van der Waals surface area (Å²) >= 11 is 9.08. The van der Waals surface area contributed by atoms with Crippen molar-refractivity contribution >= 4 is 39.1 Å². The molecular formula is C12H15BrClN3O. The molecule has 0 spiro atoms. The summed E-state index contributed by atoms with van der Waals surface area (Å²) in [5.74, 6) is 0.345. The van der Waals surface area contributed by atoms with E-state index in [1.165, 1.54) is 0 Å². The fourth-order valence-corrected chi connectivity index (χ4v) is 2.84. The number of hydrogen-bond acceptors (Lipinski definition) is 3. The van der Waals surface area contributed by atoms with Gasteiger partial charge in [-0.1, -0.05) is 18.0 Å². The fourth-order valence-electron chi connectivity index (χ4n) is 2.39. The van der Waals surface area contributed by atoms with E-state index in [4.69, 9.17) is 17.3 Å². The number of carbonyl (C=O) groups excluding carboxylic acids is 1. The van der Waals surface area contributed by atoms with Crippen molar-refractivity contribution in [3.63, 3.8) is 0 Å². The molecule has 98 valence electrons. The molecule has 2 atom stereocenters. The van der Waals surface area contributed by atoms with Gasteiger partial charge in [0.2, 0.25) is 5.91 Å². The van der Waals surface area contributed by atoms with Crippen molar-refractivity contribution in [2.24, 2.45) is 17.6 Å². The van der Waals surface area contributed by atoms with E-state index in [1.54, 1.807) is 12.3 Å². The molecule has 1 amide bonds. The van der Waals surface area contributed by atoms with E-state index in [-0.39, 0.29) is 11.8 Å². The van der Waals surface area contributed by atoms with E-state index in [0.29, 0.717) is 27.8 Å². The molecule has 4 nitrogen and oxygen atoms in total. The van der Waals surface area contributed by atoms with Gasteiger partial charge >= 0.3 is 0 Å². The van der Waals surface area contributed by atoms with Crippen LogP contribution in [0.1, 0.15) is 19.3 Å². The highest BCUT2D eigenvalue weighted by atomic mass is 79.9. The minimum Gasteiger partial charge on any atom is -0.330 e. The van der Waals surface area contributed by atoms with Crippen LogP contribution in [0.5, 0.6) is 0 Å². The second kappa shape index (κ2) is 5.99. The van der Waals surface area contributed by atoms with Gasteiger partial charge in [0.1, 0.15) is 5.15 Å². The highest BCUT2D eigenvalue weighted by Crippen LogP contribution is 2.32. The quantitative estimate of drug-likeness (QED) is 0.836. The Hall–Kier alpha value is -0.650. The standard InChI is InChI=1S/C12H15BrClN3O/c13-10-4-8(6-16-11(10)14)17-12(18)9-3-1-2-7(9)5-15/h4,6-7,9H,1-3,5,15H2,(H,17,18). The van der Waals surface area contributed by atoms with Crippen molar-refractivity contribution in [3.05, 3.63) is 21.9 Å². The predicted molar refractivity (Wildman–Crippen MR) is 75.5 cm³/mol. The Kier molecular flexibility index (Phi) is 4.59. The Morgan fingerprint density at radius 3 is 3.06 bits per heavy atom. The van der Waals surface area contributed by atoms with Gasteiger partial charge in [-0.2, -0.15) is 0 Å². The Morgan fingerprint density at radius 2 is 2.39 bits per heavy atom. The minimum absolute atomic E-state index is 0.0180. The van der Waals surface area contributed by atoms with Gasteiger partial charge < -0.3 is 11.1 Å². The number of rotatable bonds is 3. The first-order valence-electron chi connectivity index (χ1n) is 5.93. The Balaban J connectivity index is 2.04. The first-order chi connectivity index (χ1) is 8.61. The van der Waals surface area contributed by atoms with Crippen LogP contribution in [0.25, 0.3) is 0 Å². The fraction of sp³-hybridized carbons (Fsp3) is 0.500. The third kappa shape index (κ3) is 3.02. The minimum atomic E-state index is 0.0180. The molecule has 0 radical (unpaired) electrons.